The average Bonchev–Trinajstić information content (AvgIpc) is 2.88. The van der Waals surface area contributed by atoms with Crippen molar-refractivity contribution in [3.63, 3.8) is 0 Å². The molecule has 0 bridgehead atoms. The summed E-state index contributed by atoms with van der Waals surface area (Å²) in [4.78, 5) is 17.9. The van der Waals surface area contributed by atoms with Crippen LogP contribution in [-0.4, -0.2) is 28.6 Å². The number of anilines is 1. The molecule has 4 nitrogen and oxygen atoms in total. The number of hydrogen-bond acceptors (Lipinski definition) is 4. The van der Waals surface area contributed by atoms with Crippen molar-refractivity contribution in [3.05, 3.63) is 11.1 Å². The maximum Gasteiger partial charge on any atom is 0.326 e. The van der Waals surface area contributed by atoms with E-state index in [1.165, 1.54) is 12.8 Å². The van der Waals surface area contributed by atoms with Gasteiger partial charge in [0.1, 0.15) is 6.04 Å². The predicted molar refractivity (Wildman–Crippen MR) is 66.5 cm³/mol. The van der Waals surface area contributed by atoms with Gasteiger partial charge in [-0.2, -0.15) is 0 Å². The highest BCUT2D eigenvalue weighted by Crippen LogP contribution is 2.44. The van der Waals surface area contributed by atoms with E-state index in [-0.39, 0.29) is 6.04 Å². The fourth-order valence-electron chi connectivity index (χ4n) is 3.29. The van der Waals surface area contributed by atoms with Gasteiger partial charge in [-0.3, -0.25) is 0 Å². The van der Waals surface area contributed by atoms with Gasteiger partial charge in [0.25, 0.3) is 0 Å². The Bertz CT molecular complexity index is 445. The molecule has 17 heavy (non-hydrogen) atoms. The predicted octanol–water partition coefficient (Wildman–Crippen LogP) is 2.14. The van der Waals surface area contributed by atoms with Crippen molar-refractivity contribution in [2.45, 2.75) is 32.2 Å². The van der Waals surface area contributed by atoms with E-state index in [1.807, 2.05) is 17.2 Å². The van der Waals surface area contributed by atoms with Crippen molar-refractivity contribution in [3.8, 4) is 0 Å². The second-order valence-corrected chi connectivity index (χ2v) is 5.90. The van der Waals surface area contributed by atoms with Crippen molar-refractivity contribution < 1.29 is 9.90 Å². The van der Waals surface area contributed by atoms with Crippen molar-refractivity contribution >= 4 is 22.4 Å². The highest BCUT2D eigenvalue weighted by atomic mass is 32.1. The summed E-state index contributed by atoms with van der Waals surface area (Å²) in [6, 6.07) is -0.354. The second-order valence-electron chi connectivity index (χ2n) is 5.06. The molecule has 3 atom stereocenters. The minimum Gasteiger partial charge on any atom is -0.480 e. The average molecular weight is 252 g/mol. The lowest BCUT2D eigenvalue weighted by Gasteiger charge is -2.23. The molecule has 1 aliphatic carbocycles. The number of thiazole rings is 1. The zero-order valence-corrected chi connectivity index (χ0v) is 10.6. The summed E-state index contributed by atoms with van der Waals surface area (Å²) in [7, 11) is 0. The Morgan fingerprint density at radius 1 is 1.59 bits per heavy atom. The Morgan fingerprint density at radius 3 is 3.06 bits per heavy atom. The van der Waals surface area contributed by atoms with E-state index in [0.717, 1.165) is 23.8 Å². The first-order valence-corrected chi connectivity index (χ1v) is 6.96. The topological polar surface area (TPSA) is 53.4 Å². The highest BCUT2D eigenvalue weighted by molar-refractivity contribution is 7.13. The number of aromatic nitrogens is 1. The van der Waals surface area contributed by atoms with E-state index in [0.29, 0.717) is 11.8 Å². The maximum absolute atomic E-state index is 11.5. The van der Waals surface area contributed by atoms with Gasteiger partial charge in [-0.05, 0) is 31.6 Å². The molecular formula is C12H16N2O2S. The summed E-state index contributed by atoms with van der Waals surface area (Å²) in [6.45, 7) is 2.82. The molecule has 2 fully saturated rings. The van der Waals surface area contributed by atoms with E-state index in [2.05, 4.69) is 4.98 Å². The van der Waals surface area contributed by atoms with E-state index >= 15 is 0 Å². The van der Waals surface area contributed by atoms with E-state index in [1.54, 1.807) is 11.3 Å². The molecule has 1 aromatic rings. The molecule has 1 aromatic heterocycles. The zero-order chi connectivity index (χ0) is 12.0. The quantitative estimate of drug-likeness (QED) is 0.876. The van der Waals surface area contributed by atoms with Gasteiger partial charge < -0.3 is 10.0 Å². The van der Waals surface area contributed by atoms with Crippen molar-refractivity contribution in [1.82, 2.24) is 4.98 Å². The van der Waals surface area contributed by atoms with Crippen LogP contribution in [0.25, 0.3) is 0 Å². The Hall–Kier alpha value is -1.10. The second kappa shape index (κ2) is 3.98. The van der Waals surface area contributed by atoms with E-state index < -0.39 is 5.97 Å². The van der Waals surface area contributed by atoms with Crippen molar-refractivity contribution in [1.29, 1.82) is 0 Å². The number of rotatable bonds is 2. The van der Waals surface area contributed by atoms with Crippen LogP contribution in [0.4, 0.5) is 5.13 Å². The molecule has 1 aliphatic heterocycles. The SMILES string of the molecule is Cc1csc(N2CC3CCCC3C2C(=O)O)n1. The van der Waals surface area contributed by atoms with Crippen LogP contribution in [-0.2, 0) is 4.79 Å². The third kappa shape index (κ3) is 1.73. The van der Waals surface area contributed by atoms with Gasteiger partial charge in [0.05, 0.1) is 5.69 Å². The minimum atomic E-state index is -0.688. The molecule has 0 spiro atoms. The molecule has 3 rings (SSSR count). The maximum atomic E-state index is 11.5. The fourth-order valence-corrected chi connectivity index (χ4v) is 4.14. The van der Waals surface area contributed by atoms with Gasteiger partial charge in [0, 0.05) is 11.9 Å². The smallest absolute Gasteiger partial charge is 0.326 e. The van der Waals surface area contributed by atoms with Crippen LogP contribution in [0.3, 0.4) is 0 Å². The Balaban J connectivity index is 1.91. The standard InChI is InChI=1S/C12H16N2O2S/c1-7-6-17-12(13-7)14-5-8-3-2-4-9(8)10(14)11(15)16/h6,8-10H,2-5H2,1H3,(H,15,16). The van der Waals surface area contributed by atoms with E-state index in [4.69, 9.17) is 0 Å². The molecule has 1 N–H and O–H groups in total. The Morgan fingerprint density at radius 2 is 2.41 bits per heavy atom. The lowest BCUT2D eigenvalue weighted by Crippen LogP contribution is -2.39. The monoisotopic (exact) mass is 252 g/mol. The molecule has 0 radical (unpaired) electrons. The first-order chi connectivity index (χ1) is 8.16. The summed E-state index contributed by atoms with van der Waals surface area (Å²) in [5, 5.41) is 12.3. The van der Waals surface area contributed by atoms with Gasteiger partial charge in [-0.25, -0.2) is 9.78 Å². The number of aryl methyl sites for hydroxylation is 1. The summed E-state index contributed by atoms with van der Waals surface area (Å²) in [5.41, 5.74) is 0.978. The number of aliphatic carboxylic acids is 1. The third-order valence-electron chi connectivity index (χ3n) is 4.00. The van der Waals surface area contributed by atoms with Crippen LogP contribution in [0.2, 0.25) is 0 Å². The summed E-state index contributed by atoms with van der Waals surface area (Å²) < 4.78 is 0. The third-order valence-corrected chi connectivity index (χ3v) is 4.99. The molecule has 1 saturated heterocycles. The van der Waals surface area contributed by atoms with Gasteiger partial charge in [-0.1, -0.05) is 6.42 Å². The summed E-state index contributed by atoms with van der Waals surface area (Å²) in [6.07, 6.45) is 3.42. The molecule has 92 valence electrons. The molecule has 2 aliphatic rings. The first kappa shape index (κ1) is 11.0. The van der Waals surface area contributed by atoms with Gasteiger partial charge in [-0.15, -0.1) is 11.3 Å². The van der Waals surface area contributed by atoms with Crippen LogP contribution < -0.4 is 4.90 Å². The molecular weight excluding hydrogens is 236 g/mol. The summed E-state index contributed by atoms with van der Waals surface area (Å²) >= 11 is 1.56. The van der Waals surface area contributed by atoms with Gasteiger partial charge in [0.2, 0.25) is 0 Å². The highest BCUT2D eigenvalue weighted by Gasteiger charge is 2.48. The molecule has 0 amide bonds. The first-order valence-electron chi connectivity index (χ1n) is 6.08. The number of carboxylic acids is 1. The van der Waals surface area contributed by atoms with Crippen LogP contribution in [0.5, 0.6) is 0 Å². The minimum absolute atomic E-state index is 0.330. The normalized spacial score (nSPS) is 31.8. The number of hydrogen-bond donors (Lipinski definition) is 1. The lowest BCUT2D eigenvalue weighted by molar-refractivity contribution is -0.139. The molecule has 1 saturated carbocycles. The van der Waals surface area contributed by atoms with Crippen LogP contribution in [0, 0.1) is 18.8 Å². The van der Waals surface area contributed by atoms with Gasteiger partial charge in [0.15, 0.2) is 5.13 Å². The number of carboxylic acid groups (broad SMARTS) is 1. The molecule has 0 aromatic carbocycles. The molecule has 5 heteroatoms. The fraction of sp³-hybridized carbons (Fsp3) is 0.667. The van der Waals surface area contributed by atoms with Gasteiger partial charge >= 0.3 is 5.97 Å². The van der Waals surface area contributed by atoms with E-state index in [9.17, 15) is 9.90 Å². The van der Waals surface area contributed by atoms with Crippen LogP contribution >= 0.6 is 11.3 Å². The van der Waals surface area contributed by atoms with Crippen molar-refractivity contribution in [2.75, 3.05) is 11.4 Å². The Labute approximate surface area is 104 Å². The largest absolute Gasteiger partial charge is 0.480 e. The number of fused-ring (bicyclic) bond motifs is 1. The summed E-state index contributed by atoms with van der Waals surface area (Å²) in [5.74, 6) is 0.198. The Kier molecular flexibility index (Phi) is 2.58. The zero-order valence-electron chi connectivity index (χ0n) is 9.80. The number of nitrogens with zero attached hydrogens (tertiary/aromatic N) is 2. The molecule has 2 heterocycles. The van der Waals surface area contributed by atoms with Crippen LogP contribution in [0.1, 0.15) is 25.0 Å². The van der Waals surface area contributed by atoms with Crippen molar-refractivity contribution in [2.24, 2.45) is 11.8 Å². The van der Waals surface area contributed by atoms with Crippen LogP contribution in [0.15, 0.2) is 5.38 Å². The molecule has 3 unspecified atom stereocenters. The lowest BCUT2D eigenvalue weighted by atomic mass is 9.94. The number of carbonyl (C=O) groups is 1.